The third-order valence-corrected chi connectivity index (χ3v) is 2.33. The molecule has 2 rings (SSSR count). The maximum Gasteiger partial charge on any atom is 0.162 e. The molecule has 0 radical (unpaired) electrons. The molecule has 0 unspecified atom stereocenters. The quantitative estimate of drug-likeness (QED) is 0.607. The number of aryl methyl sites for hydroxylation is 1. The van der Waals surface area contributed by atoms with Gasteiger partial charge in [-0.25, -0.2) is 20.5 Å². The van der Waals surface area contributed by atoms with Gasteiger partial charge in [0.15, 0.2) is 5.82 Å². The Balaban J connectivity index is 2.60. The van der Waals surface area contributed by atoms with Gasteiger partial charge in [0.2, 0.25) is 0 Å². The molecule has 0 fully saturated rings. The van der Waals surface area contributed by atoms with Crippen LogP contribution in [0.1, 0.15) is 11.4 Å². The largest absolute Gasteiger partial charge is 0.308 e. The van der Waals surface area contributed by atoms with Crippen molar-refractivity contribution in [3.63, 3.8) is 0 Å². The number of aromatic nitrogens is 4. The first-order valence-electron chi connectivity index (χ1n) is 4.64. The van der Waals surface area contributed by atoms with Crippen molar-refractivity contribution in [2.75, 3.05) is 5.43 Å². The third-order valence-electron chi connectivity index (χ3n) is 2.14. The molecular formula is C9H11ClN6. The Morgan fingerprint density at radius 3 is 2.69 bits per heavy atom. The van der Waals surface area contributed by atoms with E-state index in [1.807, 2.05) is 6.92 Å². The van der Waals surface area contributed by atoms with Crippen molar-refractivity contribution >= 4 is 17.4 Å². The van der Waals surface area contributed by atoms with Gasteiger partial charge in [0, 0.05) is 5.56 Å². The Hall–Kier alpha value is -1.66. The maximum absolute atomic E-state index is 5.81. The van der Waals surface area contributed by atoms with E-state index in [9.17, 15) is 0 Å². The normalized spacial score (nSPS) is 10.5. The molecule has 0 bridgehead atoms. The van der Waals surface area contributed by atoms with Crippen LogP contribution in [-0.4, -0.2) is 19.7 Å². The van der Waals surface area contributed by atoms with Crippen LogP contribution in [0.3, 0.4) is 0 Å². The Kier molecular flexibility index (Phi) is 2.76. The van der Waals surface area contributed by atoms with Crippen LogP contribution in [0.5, 0.6) is 0 Å². The average Bonchev–Trinajstić information content (AvgIpc) is 2.67. The molecule has 0 aliphatic heterocycles. The number of anilines is 1. The number of halogens is 1. The van der Waals surface area contributed by atoms with Gasteiger partial charge in [-0.1, -0.05) is 11.6 Å². The topological polar surface area (TPSA) is 81.6 Å². The van der Waals surface area contributed by atoms with E-state index in [-0.39, 0.29) is 0 Å². The predicted octanol–water partition coefficient (Wildman–Crippen LogP) is 1.22. The lowest BCUT2D eigenvalue weighted by Crippen LogP contribution is -2.14. The lowest BCUT2D eigenvalue weighted by atomic mass is 10.3. The molecule has 84 valence electrons. The second-order valence-corrected chi connectivity index (χ2v) is 3.75. The Morgan fingerprint density at radius 2 is 2.12 bits per heavy atom. The van der Waals surface area contributed by atoms with Gasteiger partial charge in [-0.2, -0.15) is 5.10 Å². The first-order valence-corrected chi connectivity index (χ1v) is 5.02. The minimum atomic E-state index is 0.554. The summed E-state index contributed by atoms with van der Waals surface area (Å²) < 4.78 is 1.59. The molecule has 0 aliphatic carbocycles. The summed E-state index contributed by atoms with van der Waals surface area (Å²) in [6.07, 6.45) is 3.23. The van der Waals surface area contributed by atoms with Crippen LogP contribution in [0.2, 0.25) is 5.02 Å². The van der Waals surface area contributed by atoms with E-state index in [2.05, 4.69) is 20.5 Å². The van der Waals surface area contributed by atoms with Gasteiger partial charge < -0.3 is 5.43 Å². The molecular weight excluding hydrogens is 228 g/mol. The van der Waals surface area contributed by atoms with E-state index in [4.69, 9.17) is 17.4 Å². The van der Waals surface area contributed by atoms with Crippen LogP contribution in [-0.2, 0) is 0 Å². The number of nitrogens with one attached hydrogen (secondary N) is 1. The zero-order valence-electron chi connectivity index (χ0n) is 8.90. The van der Waals surface area contributed by atoms with Crippen molar-refractivity contribution in [1.82, 2.24) is 19.7 Å². The van der Waals surface area contributed by atoms with Gasteiger partial charge in [-0.15, -0.1) is 0 Å². The molecule has 7 heteroatoms. The Labute approximate surface area is 97.4 Å². The van der Waals surface area contributed by atoms with E-state index >= 15 is 0 Å². The second kappa shape index (κ2) is 4.07. The molecule has 0 atom stereocenters. The minimum Gasteiger partial charge on any atom is -0.308 e. The van der Waals surface area contributed by atoms with Gasteiger partial charge >= 0.3 is 0 Å². The highest BCUT2D eigenvalue weighted by Crippen LogP contribution is 2.18. The molecule has 2 aromatic rings. The van der Waals surface area contributed by atoms with Gasteiger partial charge in [0.1, 0.15) is 11.6 Å². The molecule has 0 amide bonds. The van der Waals surface area contributed by atoms with Crippen molar-refractivity contribution in [3.8, 4) is 5.82 Å². The molecule has 0 saturated carbocycles. The molecule has 6 nitrogen and oxygen atoms in total. The summed E-state index contributed by atoms with van der Waals surface area (Å²) in [4.78, 5) is 8.46. The molecule has 0 aromatic carbocycles. The van der Waals surface area contributed by atoms with E-state index in [0.29, 0.717) is 22.5 Å². The van der Waals surface area contributed by atoms with Crippen LogP contribution in [0, 0.1) is 13.8 Å². The highest BCUT2D eigenvalue weighted by molar-refractivity contribution is 6.30. The van der Waals surface area contributed by atoms with Crippen LogP contribution in [0.4, 0.5) is 5.82 Å². The smallest absolute Gasteiger partial charge is 0.162 e. The summed E-state index contributed by atoms with van der Waals surface area (Å²) in [5.74, 6) is 7.22. The van der Waals surface area contributed by atoms with Crippen LogP contribution in [0.15, 0.2) is 12.4 Å². The number of nitrogen functional groups attached to an aromatic ring is 1. The van der Waals surface area contributed by atoms with Crippen LogP contribution < -0.4 is 11.3 Å². The summed E-state index contributed by atoms with van der Waals surface area (Å²) in [6, 6.07) is 0. The number of hydrogen-bond acceptors (Lipinski definition) is 5. The van der Waals surface area contributed by atoms with Crippen molar-refractivity contribution in [2.24, 2.45) is 5.84 Å². The van der Waals surface area contributed by atoms with E-state index in [1.54, 1.807) is 24.0 Å². The van der Waals surface area contributed by atoms with Gasteiger partial charge in [-0.05, 0) is 13.8 Å². The molecule has 0 saturated heterocycles. The fourth-order valence-corrected chi connectivity index (χ4v) is 1.53. The highest BCUT2D eigenvalue weighted by Gasteiger charge is 2.10. The predicted molar refractivity (Wildman–Crippen MR) is 61.4 cm³/mol. The molecule has 2 heterocycles. The molecule has 3 N–H and O–H groups in total. The summed E-state index contributed by atoms with van der Waals surface area (Å²) in [5.41, 5.74) is 3.34. The number of nitrogens with two attached hydrogens (primary N) is 1. The van der Waals surface area contributed by atoms with E-state index < -0.39 is 0 Å². The molecule has 16 heavy (non-hydrogen) atoms. The monoisotopic (exact) mass is 238 g/mol. The lowest BCUT2D eigenvalue weighted by Gasteiger charge is -2.09. The van der Waals surface area contributed by atoms with Gasteiger partial charge in [0.25, 0.3) is 0 Å². The Bertz CT molecular complexity index is 521. The summed E-state index contributed by atoms with van der Waals surface area (Å²) in [5, 5.41) is 4.64. The summed E-state index contributed by atoms with van der Waals surface area (Å²) in [7, 11) is 0. The number of hydrogen-bond donors (Lipinski definition) is 2. The first kappa shape index (κ1) is 10.8. The average molecular weight is 239 g/mol. The van der Waals surface area contributed by atoms with Crippen molar-refractivity contribution < 1.29 is 0 Å². The highest BCUT2D eigenvalue weighted by atomic mass is 35.5. The zero-order valence-corrected chi connectivity index (χ0v) is 9.65. The van der Waals surface area contributed by atoms with Crippen molar-refractivity contribution in [3.05, 3.63) is 28.8 Å². The van der Waals surface area contributed by atoms with E-state index in [0.717, 1.165) is 5.56 Å². The maximum atomic E-state index is 5.81. The standard InChI is InChI=1S/C9H11ClN6/c1-5-8(15-11)13-6(2)14-9(5)16-4-7(10)3-12-16/h3-4H,11H2,1-2H3,(H,13,14,15). The van der Waals surface area contributed by atoms with Gasteiger partial charge in [0.05, 0.1) is 17.4 Å². The van der Waals surface area contributed by atoms with Crippen molar-refractivity contribution in [1.29, 1.82) is 0 Å². The molecule has 0 spiro atoms. The van der Waals surface area contributed by atoms with Crippen LogP contribution in [0.25, 0.3) is 5.82 Å². The second-order valence-electron chi connectivity index (χ2n) is 3.32. The van der Waals surface area contributed by atoms with E-state index in [1.165, 1.54) is 0 Å². The number of rotatable bonds is 2. The summed E-state index contributed by atoms with van der Waals surface area (Å²) in [6.45, 7) is 3.65. The number of nitrogens with zero attached hydrogens (tertiary/aromatic N) is 4. The lowest BCUT2D eigenvalue weighted by molar-refractivity contribution is 0.818. The minimum absolute atomic E-state index is 0.554. The fourth-order valence-electron chi connectivity index (χ4n) is 1.39. The SMILES string of the molecule is Cc1nc(NN)c(C)c(-n2cc(Cl)cn2)n1. The fraction of sp³-hybridized carbons (Fsp3) is 0.222. The zero-order chi connectivity index (χ0) is 11.7. The third kappa shape index (κ3) is 1.84. The molecule has 2 aromatic heterocycles. The molecule has 0 aliphatic rings. The van der Waals surface area contributed by atoms with Gasteiger partial charge in [-0.3, -0.25) is 0 Å². The first-order chi connectivity index (χ1) is 7.61. The van der Waals surface area contributed by atoms with Crippen molar-refractivity contribution in [2.45, 2.75) is 13.8 Å². The summed E-state index contributed by atoms with van der Waals surface area (Å²) >= 11 is 5.81. The number of hydrazine groups is 1. The Morgan fingerprint density at radius 1 is 1.38 bits per heavy atom. The van der Waals surface area contributed by atoms with Crippen LogP contribution >= 0.6 is 11.6 Å².